The third kappa shape index (κ3) is 2.78. The molecule has 1 aromatic carbocycles. The first-order valence-corrected chi connectivity index (χ1v) is 7.49. The van der Waals surface area contributed by atoms with Crippen LogP contribution in [0.4, 0.5) is 0 Å². The van der Waals surface area contributed by atoms with Crippen LogP contribution in [0, 0.1) is 6.92 Å². The van der Waals surface area contributed by atoms with E-state index in [0.29, 0.717) is 0 Å². The Morgan fingerprint density at radius 3 is 2.78 bits per heavy atom. The molecule has 0 radical (unpaired) electrons. The van der Waals surface area contributed by atoms with Crippen LogP contribution >= 0.6 is 15.9 Å². The third-order valence-corrected chi connectivity index (χ3v) is 4.37. The smallest absolute Gasteiger partial charge is 0.0494 e. The summed E-state index contributed by atoms with van der Waals surface area (Å²) in [5.74, 6) is 0. The Balaban J connectivity index is 2.10. The molecule has 2 rings (SSSR count). The first-order chi connectivity index (χ1) is 8.75. The molecule has 18 heavy (non-hydrogen) atoms. The predicted octanol–water partition coefficient (Wildman–Crippen LogP) is 4.10. The molecule has 0 aliphatic carbocycles. The van der Waals surface area contributed by atoms with Gasteiger partial charge in [0.05, 0.1) is 0 Å². The minimum Gasteiger partial charge on any atom is -0.342 e. The van der Waals surface area contributed by atoms with Gasteiger partial charge in [0.1, 0.15) is 0 Å². The molecule has 3 heteroatoms. The highest BCUT2D eigenvalue weighted by molar-refractivity contribution is 9.10. The highest BCUT2D eigenvalue weighted by Gasteiger charge is 2.10. The van der Waals surface area contributed by atoms with Crippen LogP contribution in [0.25, 0.3) is 10.9 Å². The lowest BCUT2D eigenvalue weighted by Gasteiger charge is -2.09. The number of fused-ring (bicyclic) bond motifs is 1. The monoisotopic (exact) mass is 308 g/mol. The van der Waals surface area contributed by atoms with E-state index in [0.717, 1.165) is 19.6 Å². The van der Waals surface area contributed by atoms with Crippen LogP contribution in [-0.2, 0) is 6.54 Å². The minimum atomic E-state index is 1.03. The first-order valence-electron chi connectivity index (χ1n) is 6.69. The average Bonchev–Trinajstić information content (AvgIpc) is 2.64. The molecule has 2 aromatic rings. The largest absolute Gasteiger partial charge is 0.342 e. The van der Waals surface area contributed by atoms with Crippen LogP contribution in [0.3, 0.4) is 0 Å². The maximum atomic E-state index is 3.69. The van der Waals surface area contributed by atoms with E-state index in [1.165, 1.54) is 33.9 Å². The molecule has 0 aliphatic heterocycles. The summed E-state index contributed by atoms with van der Waals surface area (Å²) < 4.78 is 3.62. The molecule has 0 spiro atoms. The number of unbranched alkanes of at least 4 members (excludes halogenated alkanes) is 1. The Bertz CT molecular complexity index is 516. The fraction of sp³-hybridized carbons (Fsp3) is 0.467. The summed E-state index contributed by atoms with van der Waals surface area (Å²) in [6.45, 7) is 7.59. The van der Waals surface area contributed by atoms with Gasteiger partial charge in [0, 0.05) is 34.2 Å². The molecule has 0 fully saturated rings. The molecule has 0 bridgehead atoms. The van der Waals surface area contributed by atoms with E-state index in [1.807, 2.05) is 0 Å². The van der Waals surface area contributed by atoms with Gasteiger partial charge >= 0.3 is 0 Å². The quantitative estimate of drug-likeness (QED) is 0.795. The molecular formula is C15H21BrN2. The Labute approximate surface area is 118 Å². The summed E-state index contributed by atoms with van der Waals surface area (Å²) in [6.07, 6.45) is 2.51. The van der Waals surface area contributed by atoms with Gasteiger partial charge < -0.3 is 9.88 Å². The second-order valence-corrected chi connectivity index (χ2v) is 5.46. The zero-order valence-electron chi connectivity index (χ0n) is 11.2. The average molecular weight is 309 g/mol. The number of rotatable bonds is 6. The van der Waals surface area contributed by atoms with E-state index in [2.05, 4.69) is 63.9 Å². The van der Waals surface area contributed by atoms with Crippen molar-refractivity contribution in [3.05, 3.63) is 34.4 Å². The zero-order chi connectivity index (χ0) is 13.0. The van der Waals surface area contributed by atoms with Crippen molar-refractivity contribution in [3.8, 4) is 0 Å². The summed E-state index contributed by atoms with van der Waals surface area (Å²) in [7, 11) is 0. The second-order valence-electron chi connectivity index (χ2n) is 4.67. The van der Waals surface area contributed by atoms with Gasteiger partial charge in [-0.05, 0) is 41.9 Å². The van der Waals surface area contributed by atoms with Crippen LogP contribution in [0.15, 0.2) is 28.7 Å². The summed E-state index contributed by atoms with van der Waals surface area (Å²) in [5.41, 5.74) is 2.63. The van der Waals surface area contributed by atoms with Crippen LogP contribution in [0.2, 0.25) is 0 Å². The van der Waals surface area contributed by atoms with Crippen molar-refractivity contribution in [3.63, 3.8) is 0 Å². The second kappa shape index (κ2) is 6.39. The predicted molar refractivity (Wildman–Crippen MR) is 82.2 cm³/mol. The number of benzene rings is 1. The van der Waals surface area contributed by atoms with E-state index >= 15 is 0 Å². The van der Waals surface area contributed by atoms with Crippen LogP contribution in [0.5, 0.6) is 0 Å². The van der Waals surface area contributed by atoms with Crippen molar-refractivity contribution in [2.75, 3.05) is 13.1 Å². The van der Waals surface area contributed by atoms with Crippen LogP contribution < -0.4 is 5.32 Å². The van der Waals surface area contributed by atoms with E-state index in [1.54, 1.807) is 0 Å². The summed E-state index contributed by atoms with van der Waals surface area (Å²) in [6, 6.07) is 8.57. The highest BCUT2D eigenvalue weighted by atomic mass is 79.9. The minimum absolute atomic E-state index is 1.03. The molecule has 1 N–H and O–H groups in total. The number of hydrogen-bond acceptors (Lipinski definition) is 1. The standard InChI is InChI=1S/C15H21BrN2/c1-3-4-9-17-10-11-18-12(2)15(16)13-7-5-6-8-14(13)18/h5-8,17H,3-4,9-11H2,1-2H3. The van der Waals surface area contributed by atoms with E-state index in [9.17, 15) is 0 Å². The molecule has 0 atom stereocenters. The van der Waals surface area contributed by atoms with Gasteiger partial charge in [-0.25, -0.2) is 0 Å². The van der Waals surface area contributed by atoms with Gasteiger partial charge in [-0.3, -0.25) is 0 Å². The Kier molecular flexibility index (Phi) is 4.84. The lowest BCUT2D eigenvalue weighted by Crippen LogP contribution is -2.21. The molecule has 2 nitrogen and oxygen atoms in total. The van der Waals surface area contributed by atoms with Gasteiger partial charge in [-0.2, -0.15) is 0 Å². The number of para-hydroxylation sites is 1. The molecule has 0 amide bonds. The lowest BCUT2D eigenvalue weighted by atomic mass is 10.2. The molecule has 1 heterocycles. The fourth-order valence-electron chi connectivity index (χ4n) is 2.29. The number of nitrogens with zero attached hydrogens (tertiary/aromatic N) is 1. The fourth-order valence-corrected chi connectivity index (χ4v) is 2.84. The van der Waals surface area contributed by atoms with Crippen molar-refractivity contribution >= 4 is 26.8 Å². The van der Waals surface area contributed by atoms with Gasteiger partial charge in [0.15, 0.2) is 0 Å². The van der Waals surface area contributed by atoms with Crippen molar-refractivity contribution in [2.24, 2.45) is 0 Å². The Morgan fingerprint density at radius 2 is 2.00 bits per heavy atom. The molecule has 98 valence electrons. The molecule has 0 aliphatic rings. The van der Waals surface area contributed by atoms with Crippen molar-refractivity contribution < 1.29 is 0 Å². The molecule has 0 saturated heterocycles. The van der Waals surface area contributed by atoms with E-state index in [-0.39, 0.29) is 0 Å². The van der Waals surface area contributed by atoms with E-state index in [4.69, 9.17) is 0 Å². The van der Waals surface area contributed by atoms with Gasteiger partial charge in [0.25, 0.3) is 0 Å². The maximum absolute atomic E-state index is 3.69. The molecule has 1 aromatic heterocycles. The third-order valence-electron chi connectivity index (χ3n) is 3.37. The number of hydrogen-bond donors (Lipinski definition) is 1. The maximum Gasteiger partial charge on any atom is 0.0494 e. The molecule has 0 saturated carbocycles. The van der Waals surface area contributed by atoms with Crippen molar-refractivity contribution in [1.82, 2.24) is 9.88 Å². The Morgan fingerprint density at radius 1 is 1.22 bits per heavy atom. The summed E-state index contributed by atoms with van der Waals surface area (Å²) in [4.78, 5) is 0. The van der Waals surface area contributed by atoms with Crippen LogP contribution in [0.1, 0.15) is 25.5 Å². The first kappa shape index (κ1) is 13.6. The highest BCUT2D eigenvalue weighted by Crippen LogP contribution is 2.30. The van der Waals surface area contributed by atoms with Crippen LogP contribution in [-0.4, -0.2) is 17.7 Å². The normalized spacial score (nSPS) is 11.3. The topological polar surface area (TPSA) is 17.0 Å². The van der Waals surface area contributed by atoms with Gasteiger partial charge in [-0.1, -0.05) is 31.5 Å². The van der Waals surface area contributed by atoms with Gasteiger partial charge in [-0.15, -0.1) is 0 Å². The van der Waals surface area contributed by atoms with Crippen molar-refractivity contribution in [2.45, 2.75) is 33.2 Å². The number of aromatic nitrogens is 1. The van der Waals surface area contributed by atoms with Crippen molar-refractivity contribution in [1.29, 1.82) is 0 Å². The Hall–Kier alpha value is -0.800. The summed E-state index contributed by atoms with van der Waals surface area (Å²) >= 11 is 3.69. The number of halogens is 1. The lowest BCUT2D eigenvalue weighted by molar-refractivity contribution is 0.582. The number of nitrogens with one attached hydrogen (secondary N) is 1. The van der Waals surface area contributed by atoms with Gasteiger partial charge in [0.2, 0.25) is 0 Å². The SMILES string of the molecule is CCCCNCCn1c(C)c(Br)c2ccccc21. The van der Waals surface area contributed by atoms with E-state index < -0.39 is 0 Å². The molecular weight excluding hydrogens is 288 g/mol. The molecule has 0 unspecified atom stereocenters. The zero-order valence-corrected chi connectivity index (χ0v) is 12.8. The summed E-state index contributed by atoms with van der Waals surface area (Å²) in [5, 5.41) is 4.81.